The number of pyridine rings is 1. The highest BCUT2D eigenvalue weighted by Gasteiger charge is 2.56. The molecule has 0 unspecified atom stereocenters. The zero-order valence-corrected chi connectivity index (χ0v) is 33.8. The van der Waals surface area contributed by atoms with Crippen LogP contribution >= 0.6 is 0 Å². The van der Waals surface area contributed by atoms with Gasteiger partial charge in [-0.15, -0.1) is 5.54 Å². The van der Waals surface area contributed by atoms with Gasteiger partial charge in [0.25, 0.3) is 0 Å². The van der Waals surface area contributed by atoms with Gasteiger partial charge in [-0.3, -0.25) is 9.88 Å². The van der Waals surface area contributed by atoms with E-state index in [1.807, 2.05) is 25.1 Å². The molecule has 0 spiro atoms. The van der Waals surface area contributed by atoms with Crippen molar-refractivity contribution in [2.45, 2.75) is 108 Å². The van der Waals surface area contributed by atoms with Crippen molar-refractivity contribution in [1.82, 2.24) is 19.9 Å². The van der Waals surface area contributed by atoms with Crippen molar-refractivity contribution < 1.29 is 25.4 Å². The highest BCUT2D eigenvalue weighted by molar-refractivity contribution is 6.90. The molecule has 0 bridgehead atoms. The van der Waals surface area contributed by atoms with Crippen LogP contribution < -0.4 is 15.4 Å². The first-order valence-corrected chi connectivity index (χ1v) is 22.0. The van der Waals surface area contributed by atoms with E-state index in [0.29, 0.717) is 53.9 Å². The zero-order chi connectivity index (χ0) is 40.8. The van der Waals surface area contributed by atoms with Gasteiger partial charge in [-0.1, -0.05) is 59.6 Å². The Morgan fingerprint density at radius 1 is 1.11 bits per heavy atom. The second-order valence-corrected chi connectivity index (χ2v) is 22.6. The molecular weight excluding hydrogens is 718 g/mol. The first-order valence-electron chi connectivity index (χ1n) is 20.8. The largest absolute Gasteiger partial charge is 0.461 e. The molecule has 4 fully saturated rings. The topological polar surface area (TPSA) is 89.6 Å². The van der Waals surface area contributed by atoms with Gasteiger partial charge in [0.05, 0.1) is 32.9 Å². The number of nitrogens with two attached hydrogens (primary N) is 1. The maximum Gasteiger partial charge on any atom is 0.319 e. The molecule has 0 amide bonds. The summed E-state index contributed by atoms with van der Waals surface area (Å²) >= 11 is 0. The maximum absolute atomic E-state index is 17.6. The number of fused-ring (bicyclic) bond motifs is 4. The fourth-order valence-electron chi connectivity index (χ4n) is 10.1. The zero-order valence-electron chi connectivity index (χ0n) is 34.8. The highest BCUT2D eigenvalue weighted by Crippen LogP contribution is 2.46. The van der Waals surface area contributed by atoms with Gasteiger partial charge in [-0.2, -0.15) is 9.97 Å². The molecule has 0 radical (unpaired) electrons. The Bertz CT molecular complexity index is 2280. The second kappa shape index (κ2) is 14.2. The number of aryl methyl sites for hydroxylation is 1. The van der Waals surface area contributed by atoms with Crippen molar-refractivity contribution in [3.05, 3.63) is 47.4 Å². The van der Waals surface area contributed by atoms with Crippen molar-refractivity contribution in [3.8, 4) is 28.7 Å². The van der Waals surface area contributed by atoms with Crippen LogP contribution in [-0.2, 0) is 4.74 Å². The molecule has 3 aliphatic heterocycles. The van der Waals surface area contributed by atoms with Crippen molar-refractivity contribution in [2.24, 2.45) is 5.92 Å². The molecule has 1 aliphatic carbocycles. The van der Waals surface area contributed by atoms with Crippen molar-refractivity contribution in [2.75, 3.05) is 50.0 Å². The van der Waals surface area contributed by atoms with Crippen LogP contribution in [0.2, 0.25) is 16.6 Å². The average Bonchev–Trinajstić information content (AvgIpc) is 3.50. The molecule has 5 heterocycles. The fraction of sp³-hybridized carbons (Fsp3) is 0.558. The minimum absolute atomic E-state index is 0.0179. The molecule has 12 heteroatoms. The Morgan fingerprint density at radius 2 is 1.87 bits per heavy atom. The minimum Gasteiger partial charge on any atom is -0.461 e. The molecule has 55 heavy (non-hydrogen) atoms. The number of halogens is 3. The smallest absolute Gasteiger partial charge is 0.319 e. The number of hydrogen-bond acceptors (Lipinski definition) is 8. The SMILES string of the molecule is [2H]C([2H])(Oc1nc(N2CCOC[C@H]3[C@H](F)[C@H]32)c2cnc(-c3cc(N)cc4ccc(C)c(C#C[Si](C(C)C)(C(C)C)C(C)C)c34)c(F)c2n1)[C@@]12CCCN1C[C@H](F)C2. The molecule has 2 N–H and O–H groups in total. The summed E-state index contributed by atoms with van der Waals surface area (Å²) in [5.74, 6) is 2.63. The molecule has 2 aromatic carbocycles. The van der Waals surface area contributed by atoms with Crippen LogP contribution in [0.4, 0.5) is 24.7 Å². The van der Waals surface area contributed by atoms with Gasteiger partial charge in [-0.25, -0.2) is 13.2 Å². The van der Waals surface area contributed by atoms with E-state index < -0.39 is 50.4 Å². The predicted octanol–water partition coefficient (Wildman–Crippen LogP) is 8.57. The quantitative estimate of drug-likeness (QED) is 0.108. The summed E-state index contributed by atoms with van der Waals surface area (Å²) in [6.45, 7) is 14.6. The first-order chi connectivity index (χ1) is 27.0. The summed E-state index contributed by atoms with van der Waals surface area (Å²) in [6, 6.07) is 6.54. The lowest BCUT2D eigenvalue weighted by Gasteiger charge is -2.38. The molecule has 8 rings (SSSR count). The van der Waals surface area contributed by atoms with Gasteiger partial charge in [0.15, 0.2) is 5.82 Å². The van der Waals surface area contributed by atoms with Gasteiger partial charge >= 0.3 is 6.01 Å². The van der Waals surface area contributed by atoms with Crippen LogP contribution in [0.5, 0.6) is 6.01 Å². The van der Waals surface area contributed by atoms with E-state index in [9.17, 15) is 7.13 Å². The summed E-state index contributed by atoms with van der Waals surface area (Å²) in [6.07, 6.45) is 0.140. The average molecular weight is 773 g/mol. The number of aromatic nitrogens is 3. The van der Waals surface area contributed by atoms with Gasteiger partial charge in [0.1, 0.15) is 44.0 Å². The van der Waals surface area contributed by atoms with E-state index in [0.717, 1.165) is 21.9 Å². The van der Waals surface area contributed by atoms with Gasteiger partial charge in [-0.05, 0) is 66.0 Å². The monoisotopic (exact) mass is 772 g/mol. The Morgan fingerprint density at radius 3 is 2.62 bits per heavy atom. The molecule has 4 aliphatic rings. The third-order valence-corrected chi connectivity index (χ3v) is 19.2. The maximum atomic E-state index is 17.6. The predicted molar refractivity (Wildman–Crippen MR) is 216 cm³/mol. The third-order valence-electron chi connectivity index (χ3n) is 12.9. The van der Waals surface area contributed by atoms with E-state index in [4.69, 9.17) is 20.2 Å². The Kier molecular flexibility index (Phi) is 9.18. The number of anilines is 2. The number of hydrogen-bond donors (Lipinski definition) is 1. The van der Waals surface area contributed by atoms with Crippen molar-refractivity contribution in [3.63, 3.8) is 0 Å². The van der Waals surface area contributed by atoms with Crippen molar-refractivity contribution in [1.29, 1.82) is 0 Å². The normalized spacial score (nSPS) is 26.2. The van der Waals surface area contributed by atoms with Gasteiger partial charge in [0.2, 0.25) is 0 Å². The minimum atomic E-state index is -2.43. The summed E-state index contributed by atoms with van der Waals surface area (Å²) in [5.41, 5.74) is 12.7. The van der Waals surface area contributed by atoms with Gasteiger partial charge in [0, 0.05) is 53.8 Å². The summed E-state index contributed by atoms with van der Waals surface area (Å²) in [4.78, 5) is 17.5. The number of nitrogens with zero attached hydrogens (tertiary/aromatic N) is 5. The van der Waals surface area contributed by atoms with Crippen LogP contribution in [0.25, 0.3) is 32.9 Å². The molecule has 292 valence electrons. The van der Waals surface area contributed by atoms with Crippen LogP contribution in [0.1, 0.15) is 74.7 Å². The van der Waals surface area contributed by atoms with E-state index in [1.54, 1.807) is 15.9 Å². The van der Waals surface area contributed by atoms with Gasteiger partial charge < -0.3 is 20.1 Å². The second-order valence-electron chi connectivity index (χ2n) is 17.0. The molecular formula is C43H53F3N6O2Si. The lowest BCUT2D eigenvalue weighted by Crippen LogP contribution is -2.43. The number of nitrogen functional groups attached to an aromatic ring is 1. The number of benzene rings is 2. The fourth-order valence-corrected chi connectivity index (χ4v) is 15.3. The van der Waals surface area contributed by atoms with Crippen LogP contribution in [0, 0.1) is 30.1 Å². The Balaban J connectivity index is 1.33. The van der Waals surface area contributed by atoms with E-state index in [2.05, 4.69) is 63.0 Å². The lowest BCUT2D eigenvalue weighted by atomic mass is 9.93. The molecule has 3 saturated heterocycles. The van der Waals surface area contributed by atoms with Crippen LogP contribution in [0.15, 0.2) is 30.5 Å². The lowest BCUT2D eigenvalue weighted by molar-refractivity contribution is 0.107. The highest BCUT2D eigenvalue weighted by atomic mass is 28.3. The number of alkyl halides is 2. The summed E-state index contributed by atoms with van der Waals surface area (Å²) in [5, 5.41) is 1.73. The standard InChI is InChI=1S/C43H53F3N6O2Si/c1-24(2)55(25(3)4,26(5)6)16-11-31-27(7)9-10-28-17-30(47)18-32(35(28)31)38-37(46)39-33(20-48-38)41(52-14-15-53-22-34-36(45)40(34)52)50-42(49-39)54-23-43-12-8-13-51(43)21-29(44)19-43/h9-10,17-18,20,24-26,29,34,36,40H,8,12-15,19,21-23,47H2,1-7H3/t29-,34+,36+,40+,43+/m1/s1/i23D2. The van der Waals surface area contributed by atoms with E-state index in [-0.39, 0.29) is 54.4 Å². The van der Waals surface area contributed by atoms with E-state index >= 15 is 8.78 Å². The molecule has 2 aromatic heterocycles. The van der Waals surface area contributed by atoms with Crippen molar-refractivity contribution >= 4 is 41.3 Å². The van der Waals surface area contributed by atoms with E-state index in [1.165, 1.54) is 6.20 Å². The Hall–Kier alpha value is -3.92. The number of rotatable bonds is 8. The molecule has 1 saturated carbocycles. The molecule has 8 nitrogen and oxygen atoms in total. The van der Waals surface area contributed by atoms with Crippen LogP contribution in [0.3, 0.4) is 0 Å². The first kappa shape index (κ1) is 35.5. The third kappa shape index (κ3) is 6.34. The Labute approximate surface area is 326 Å². The molecule has 5 atom stereocenters. The van der Waals surface area contributed by atoms with Crippen LogP contribution in [-0.4, -0.2) is 91.3 Å². The number of ether oxygens (including phenoxy) is 2. The summed E-state index contributed by atoms with van der Waals surface area (Å²) in [7, 11) is -2.16. The molecule has 4 aromatic rings. The summed E-state index contributed by atoms with van der Waals surface area (Å²) < 4.78 is 77.8.